The third kappa shape index (κ3) is 7.85. The Labute approximate surface area is 240 Å². The lowest BCUT2D eigenvalue weighted by atomic mass is 9.98. The number of hydrogen-bond acceptors (Lipinski definition) is 4. The molecule has 0 aliphatic carbocycles. The molecule has 1 amide bonds. The summed E-state index contributed by atoms with van der Waals surface area (Å²) in [7, 11) is 0. The Morgan fingerprint density at radius 2 is 1.82 bits per heavy atom. The molecule has 3 aromatic carbocycles. The zero-order valence-electron chi connectivity index (χ0n) is 22.4. The number of hydrogen-bond donors (Lipinski definition) is 3. The van der Waals surface area contributed by atoms with E-state index < -0.39 is 6.04 Å². The fraction of sp³-hybridized carbons (Fsp3) is 0.400. The molecule has 1 fully saturated rings. The van der Waals surface area contributed by atoms with E-state index in [1.54, 1.807) is 12.1 Å². The van der Waals surface area contributed by atoms with Crippen LogP contribution in [-0.2, 0) is 17.6 Å². The highest BCUT2D eigenvalue weighted by Gasteiger charge is 2.36. The molecule has 3 atom stereocenters. The van der Waals surface area contributed by atoms with Crippen molar-refractivity contribution in [3.05, 3.63) is 81.8 Å². The summed E-state index contributed by atoms with van der Waals surface area (Å²) in [5.74, 6) is 0.0213. The Kier molecular flexibility index (Phi) is 10.1. The van der Waals surface area contributed by atoms with Gasteiger partial charge < -0.3 is 22.1 Å². The minimum Gasteiger partial charge on any atom is -0.370 e. The molecule has 1 aliphatic rings. The summed E-state index contributed by atoms with van der Waals surface area (Å²) in [5, 5.41) is 3.58. The van der Waals surface area contributed by atoms with Gasteiger partial charge in [-0.1, -0.05) is 71.7 Å². The second-order valence-electron chi connectivity index (χ2n) is 10.4. The van der Waals surface area contributed by atoms with E-state index in [0.717, 1.165) is 37.9 Å². The number of benzene rings is 3. The summed E-state index contributed by atoms with van der Waals surface area (Å²) in [4.78, 5) is 22.2. The number of nitrogens with zero attached hydrogens (tertiary/aromatic N) is 3. The largest absolute Gasteiger partial charge is 0.370 e. The summed E-state index contributed by atoms with van der Waals surface area (Å²) in [6.07, 6.45) is 2.86. The normalized spacial score (nSPS) is 18.7. The van der Waals surface area contributed by atoms with Crippen LogP contribution in [0.1, 0.15) is 30.9 Å². The Morgan fingerprint density at radius 3 is 2.56 bits per heavy atom. The topological polar surface area (TPSA) is 114 Å². The average molecular weight is 570 g/mol. The molecule has 3 aromatic rings. The van der Waals surface area contributed by atoms with E-state index in [0.29, 0.717) is 29.6 Å². The molecular formula is C30H38Cl2N6O. The highest BCUT2D eigenvalue weighted by atomic mass is 35.5. The first kappa shape index (κ1) is 29.2. The van der Waals surface area contributed by atoms with Crippen LogP contribution in [0.15, 0.2) is 65.7 Å². The van der Waals surface area contributed by atoms with E-state index >= 15 is 0 Å². The van der Waals surface area contributed by atoms with E-state index in [1.165, 1.54) is 16.3 Å². The van der Waals surface area contributed by atoms with E-state index in [9.17, 15) is 4.79 Å². The molecule has 9 heteroatoms. The van der Waals surface area contributed by atoms with E-state index in [2.05, 4.69) is 59.3 Å². The van der Waals surface area contributed by atoms with E-state index in [1.807, 2.05) is 11.0 Å². The summed E-state index contributed by atoms with van der Waals surface area (Å²) in [6, 6.07) is 19.9. The number of piperazine rings is 1. The van der Waals surface area contributed by atoms with Crippen LogP contribution in [0, 0.1) is 0 Å². The number of amides is 1. The number of aliphatic imine (C=N–C) groups is 1. The Hall–Kier alpha value is -2.84. The summed E-state index contributed by atoms with van der Waals surface area (Å²) < 4.78 is 0. The van der Waals surface area contributed by atoms with Crippen LogP contribution in [0.2, 0.25) is 10.0 Å². The van der Waals surface area contributed by atoms with Gasteiger partial charge in [0.25, 0.3) is 0 Å². The van der Waals surface area contributed by atoms with E-state index in [4.69, 9.17) is 40.4 Å². The van der Waals surface area contributed by atoms with E-state index in [-0.39, 0.29) is 24.0 Å². The third-order valence-corrected chi connectivity index (χ3v) is 8.10. The second-order valence-corrected chi connectivity index (χ2v) is 11.3. The van der Waals surface area contributed by atoms with Gasteiger partial charge in [0.15, 0.2) is 5.96 Å². The molecule has 1 heterocycles. The van der Waals surface area contributed by atoms with Crippen molar-refractivity contribution in [3.63, 3.8) is 0 Å². The molecular weight excluding hydrogens is 531 g/mol. The zero-order chi connectivity index (χ0) is 27.9. The predicted molar refractivity (Wildman–Crippen MR) is 162 cm³/mol. The van der Waals surface area contributed by atoms with Crippen molar-refractivity contribution in [3.8, 4) is 0 Å². The first-order valence-corrected chi connectivity index (χ1v) is 14.2. The van der Waals surface area contributed by atoms with Gasteiger partial charge in [0, 0.05) is 48.3 Å². The smallest absolute Gasteiger partial charge is 0.240 e. The Balaban J connectivity index is 1.44. The number of fused-ring (bicyclic) bond motifs is 1. The minimum absolute atomic E-state index is 0.0197. The van der Waals surface area contributed by atoms with Crippen molar-refractivity contribution in [2.24, 2.45) is 22.2 Å². The van der Waals surface area contributed by atoms with Crippen LogP contribution < -0.4 is 17.2 Å². The maximum atomic E-state index is 13.6. The Bertz CT molecular complexity index is 1310. The van der Waals surface area contributed by atoms with Gasteiger partial charge in [0.05, 0.1) is 6.04 Å². The van der Waals surface area contributed by atoms with Crippen molar-refractivity contribution < 1.29 is 4.79 Å². The number of halogens is 2. The second kappa shape index (κ2) is 13.5. The number of carbonyl (C=O) groups is 1. The van der Waals surface area contributed by atoms with Crippen LogP contribution in [-0.4, -0.2) is 66.0 Å². The molecule has 1 saturated heterocycles. The highest BCUT2D eigenvalue weighted by molar-refractivity contribution is 6.35. The van der Waals surface area contributed by atoms with Crippen molar-refractivity contribution >= 4 is 45.8 Å². The molecule has 6 N–H and O–H groups in total. The lowest BCUT2D eigenvalue weighted by Gasteiger charge is -2.46. The SMILES string of the molecule is C[C@@H]1CN(C(=O)[C@@H](N)Cc2ccc(Cl)cc2Cl)C(CCCN=C(N)N)CN1CCc1ccc2ccccc2c1. The molecule has 7 nitrogen and oxygen atoms in total. The quantitative estimate of drug-likeness (QED) is 0.192. The monoisotopic (exact) mass is 568 g/mol. The van der Waals surface area contributed by atoms with Gasteiger partial charge in [-0.25, -0.2) is 0 Å². The summed E-state index contributed by atoms with van der Waals surface area (Å²) in [6.45, 7) is 5.01. The van der Waals surface area contributed by atoms with Crippen LogP contribution in [0.25, 0.3) is 10.8 Å². The van der Waals surface area contributed by atoms with Crippen molar-refractivity contribution in [1.29, 1.82) is 0 Å². The predicted octanol–water partition coefficient (Wildman–Crippen LogP) is 4.21. The fourth-order valence-electron chi connectivity index (χ4n) is 5.35. The van der Waals surface area contributed by atoms with Crippen LogP contribution in [0.5, 0.6) is 0 Å². The third-order valence-electron chi connectivity index (χ3n) is 7.52. The molecule has 1 aliphatic heterocycles. The maximum absolute atomic E-state index is 13.6. The molecule has 0 spiro atoms. The molecule has 4 rings (SSSR count). The van der Waals surface area contributed by atoms with Gasteiger partial charge in [-0.05, 0) is 66.6 Å². The van der Waals surface area contributed by atoms with Gasteiger partial charge >= 0.3 is 0 Å². The van der Waals surface area contributed by atoms with Gasteiger partial charge in [-0.2, -0.15) is 0 Å². The Morgan fingerprint density at radius 1 is 1.05 bits per heavy atom. The lowest BCUT2D eigenvalue weighted by Crippen LogP contribution is -2.62. The van der Waals surface area contributed by atoms with Gasteiger partial charge in [-0.15, -0.1) is 0 Å². The minimum atomic E-state index is -0.694. The number of nitrogens with two attached hydrogens (primary N) is 3. The molecule has 1 unspecified atom stereocenters. The van der Waals surface area contributed by atoms with Crippen molar-refractivity contribution in [2.45, 2.75) is 50.7 Å². The highest BCUT2D eigenvalue weighted by Crippen LogP contribution is 2.25. The zero-order valence-corrected chi connectivity index (χ0v) is 23.9. The first-order valence-electron chi connectivity index (χ1n) is 13.5. The average Bonchev–Trinajstić information content (AvgIpc) is 2.91. The van der Waals surface area contributed by atoms with Gasteiger partial charge in [0.1, 0.15) is 0 Å². The molecule has 0 saturated carbocycles. The standard InChI is InChI=1S/C30H38Cl2N6O/c1-20-18-38(29(39)28(33)16-24-10-11-25(31)17-27(24)32)26(7-4-13-36-30(34)35)19-37(20)14-12-21-8-9-22-5-2-3-6-23(22)15-21/h2-3,5-6,8-11,15,17,20,26,28H,4,7,12-14,16,18-19,33H2,1H3,(H4,34,35,36)/t20-,26?,28+/m1/s1. The van der Waals surface area contributed by atoms with Crippen LogP contribution in [0.3, 0.4) is 0 Å². The van der Waals surface area contributed by atoms with Crippen LogP contribution >= 0.6 is 23.2 Å². The van der Waals surface area contributed by atoms with Crippen molar-refractivity contribution in [1.82, 2.24) is 9.80 Å². The number of rotatable bonds is 10. The van der Waals surface area contributed by atoms with Gasteiger partial charge in [0.2, 0.25) is 5.91 Å². The maximum Gasteiger partial charge on any atom is 0.240 e. The molecule has 39 heavy (non-hydrogen) atoms. The molecule has 0 bridgehead atoms. The van der Waals surface area contributed by atoms with Gasteiger partial charge in [-0.3, -0.25) is 14.7 Å². The van der Waals surface area contributed by atoms with Crippen molar-refractivity contribution in [2.75, 3.05) is 26.2 Å². The summed E-state index contributed by atoms with van der Waals surface area (Å²) in [5.41, 5.74) is 19.6. The first-order chi connectivity index (χ1) is 18.7. The van der Waals surface area contributed by atoms with Crippen LogP contribution in [0.4, 0.5) is 0 Å². The number of carbonyl (C=O) groups excluding carboxylic acids is 1. The lowest BCUT2D eigenvalue weighted by molar-refractivity contribution is -0.139. The molecule has 208 valence electrons. The fourth-order valence-corrected chi connectivity index (χ4v) is 5.84. The molecule has 0 radical (unpaired) electrons. The molecule has 0 aromatic heterocycles. The number of guanidine groups is 1. The summed E-state index contributed by atoms with van der Waals surface area (Å²) >= 11 is 12.4.